The minimum Gasteiger partial charge on any atom is -0.494 e. The largest absolute Gasteiger partial charge is 0.494 e. The van der Waals surface area contributed by atoms with E-state index >= 15 is 0 Å². The van der Waals surface area contributed by atoms with Crippen molar-refractivity contribution in [2.24, 2.45) is 0 Å². The lowest BCUT2D eigenvalue weighted by atomic mass is 9.99. The molecule has 4 rings (SSSR count). The number of fused-ring (bicyclic) bond motifs is 1. The van der Waals surface area contributed by atoms with E-state index in [-0.39, 0.29) is 12.3 Å². The van der Waals surface area contributed by atoms with Crippen molar-refractivity contribution < 1.29 is 9.47 Å². The minimum atomic E-state index is -0.311. The maximum atomic E-state index is 13.4. The van der Waals surface area contributed by atoms with Crippen molar-refractivity contribution >= 4 is 10.9 Å². The summed E-state index contributed by atoms with van der Waals surface area (Å²) in [4.78, 5) is 17.9. The smallest absolute Gasteiger partial charge is 0.348 e. The molecular formula is C34H36N2O3. The fourth-order valence-corrected chi connectivity index (χ4v) is 4.58. The maximum absolute atomic E-state index is 13.4. The van der Waals surface area contributed by atoms with Crippen LogP contribution in [0, 0.1) is 19.3 Å². The van der Waals surface area contributed by atoms with Gasteiger partial charge in [-0.05, 0) is 67.1 Å². The van der Waals surface area contributed by atoms with Crippen molar-refractivity contribution in [3.8, 4) is 35.1 Å². The SMILES string of the molecule is [CH]CCCCCCOc1cccc(Cn2c(=O)nc(-c3ccc(C(C)C)cc3)c3cc(OCC#C)ccc32)c1. The predicted octanol–water partition coefficient (Wildman–Crippen LogP) is 7.29. The fraction of sp³-hybridized carbons (Fsp3) is 0.324. The summed E-state index contributed by atoms with van der Waals surface area (Å²) in [5.74, 6) is 4.34. The third-order valence-electron chi connectivity index (χ3n) is 6.73. The van der Waals surface area contributed by atoms with Crippen molar-refractivity contribution in [1.29, 1.82) is 0 Å². The van der Waals surface area contributed by atoms with E-state index in [9.17, 15) is 4.79 Å². The Balaban J connectivity index is 1.66. The Bertz CT molecular complexity index is 1480. The quantitative estimate of drug-likeness (QED) is 0.137. The summed E-state index contributed by atoms with van der Waals surface area (Å²) in [6.45, 7) is 11.1. The first kappa shape index (κ1) is 28.0. The van der Waals surface area contributed by atoms with Crippen LogP contribution in [0.4, 0.5) is 0 Å². The van der Waals surface area contributed by atoms with Crippen LogP contribution in [0.15, 0.2) is 71.5 Å². The molecule has 0 unspecified atom stereocenters. The molecule has 5 heteroatoms. The van der Waals surface area contributed by atoms with Crippen LogP contribution in [0.2, 0.25) is 0 Å². The first-order valence-electron chi connectivity index (χ1n) is 13.6. The van der Waals surface area contributed by atoms with Crippen molar-refractivity contribution in [1.82, 2.24) is 9.55 Å². The molecule has 0 aliphatic heterocycles. The molecule has 3 aromatic carbocycles. The van der Waals surface area contributed by atoms with Crippen molar-refractivity contribution in [3.05, 3.63) is 95.3 Å². The van der Waals surface area contributed by atoms with Gasteiger partial charge in [-0.3, -0.25) is 4.57 Å². The van der Waals surface area contributed by atoms with Gasteiger partial charge in [0.15, 0.2) is 0 Å². The number of terminal acetylenes is 1. The number of ether oxygens (including phenoxy) is 2. The first-order chi connectivity index (χ1) is 19.0. The van der Waals surface area contributed by atoms with Crippen LogP contribution < -0.4 is 15.2 Å². The molecule has 0 spiro atoms. The molecule has 0 fully saturated rings. The molecule has 0 atom stereocenters. The lowest BCUT2D eigenvalue weighted by molar-refractivity contribution is 0.304. The average molecular weight is 521 g/mol. The van der Waals surface area contributed by atoms with Crippen LogP contribution in [-0.4, -0.2) is 22.8 Å². The monoisotopic (exact) mass is 520 g/mol. The van der Waals surface area contributed by atoms with Gasteiger partial charge in [0.1, 0.15) is 18.1 Å². The molecule has 0 aliphatic rings. The van der Waals surface area contributed by atoms with Gasteiger partial charge in [0, 0.05) is 10.9 Å². The number of hydrogen-bond acceptors (Lipinski definition) is 4. The Morgan fingerprint density at radius 1 is 0.923 bits per heavy atom. The molecule has 0 saturated heterocycles. The molecule has 0 saturated carbocycles. The minimum absolute atomic E-state index is 0.163. The van der Waals surface area contributed by atoms with Crippen LogP contribution in [0.1, 0.15) is 63.0 Å². The highest BCUT2D eigenvalue weighted by Gasteiger charge is 2.15. The average Bonchev–Trinajstić information content (AvgIpc) is 2.95. The number of unbranched alkanes of at least 4 members (excludes halogenated alkanes) is 4. The number of hydrogen-bond donors (Lipinski definition) is 0. The number of benzene rings is 3. The van der Waals surface area contributed by atoms with E-state index in [0.29, 0.717) is 30.5 Å². The second kappa shape index (κ2) is 13.7. The van der Waals surface area contributed by atoms with Gasteiger partial charge in [0.2, 0.25) is 0 Å². The molecular weight excluding hydrogens is 484 g/mol. The molecule has 0 amide bonds. The Labute approximate surface area is 231 Å². The number of rotatable bonds is 13. The second-order valence-corrected chi connectivity index (χ2v) is 9.98. The third-order valence-corrected chi connectivity index (χ3v) is 6.73. The highest BCUT2D eigenvalue weighted by Crippen LogP contribution is 2.30. The van der Waals surface area contributed by atoms with Crippen molar-refractivity contribution in [2.45, 2.75) is 58.4 Å². The van der Waals surface area contributed by atoms with E-state index in [0.717, 1.165) is 59.9 Å². The normalized spacial score (nSPS) is 11.1. The zero-order chi connectivity index (χ0) is 27.6. The van der Waals surface area contributed by atoms with Crippen LogP contribution in [-0.2, 0) is 6.54 Å². The van der Waals surface area contributed by atoms with Crippen LogP contribution in [0.25, 0.3) is 22.2 Å². The van der Waals surface area contributed by atoms with Gasteiger partial charge in [-0.25, -0.2) is 4.79 Å². The third kappa shape index (κ3) is 7.29. The van der Waals surface area contributed by atoms with E-state index in [4.69, 9.17) is 22.8 Å². The Kier molecular flexibility index (Phi) is 9.80. The topological polar surface area (TPSA) is 53.4 Å². The lowest BCUT2D eigenvalue weighted by Crippen LogP contribution is -2.24. The molecule has 5 nitrogen and oxygen atoms in total. The van der Waals surface area contributed by atoms with Gasteiger partial charge in [-0.15, -0.1) is 6.42 Å². The molecule has 0 aliphatic carbocycles. The first-order valence-corrected chi connectivity index (χ1v) is 13.6. The summed E-state index contributed by atoms with van der Waals surface area (Å²) in [5, 5.41) is 0.825. The van der Waals surface area contributed by atoms with Crippen molar-refractivity contribution in [3.63, 3.8) is 0 Å². The van der Waals surface area contributed by atoms with Gasteiger partial charge >= 0.3 is 5.69 Å². The van der Waals surface area contributed by atoms with E-state index < -0.39 is 0 Å². The van der Waals surface area contributed by atoms with Gasteiger partial charge in [-0.2, -0.15) is 4.98 Å². The summed E-state index contributed by atoms with van der Waals surface area (Å²) in [6, 6.07) is 21.7. The van der Waals surface area contributed by atoms with Gasteiger partial charge in [0.05, 0.1) is 24.4 Å². The van der Waals surface area contributed by atoms with Crippen molar-refractivity contribution in [2.75, 3.05) is 13.2 Å². The summed E-state index contributed by atoms with van der Waals surface area (Å²) in [5.41, 5.74) is 4.16. The van der Waals surface area contributed by atoms with E-state index in [2.05, 4.69) is 36.9 Å². The van der Waals surface area contributed by atoms with E-state index in [1.54, 1.807) is 4.57 Å². The molecule has 2 radical (unpaired) electrons. The Morgan fingerprint density at radius 2 is 1.69 bits per heavy atom. The Hall–Kier alpha value is -4.04. The molecule has 200 valence electrons. The molecule has 4 aromatic rings. The molecule has 0 bridgehead atoms. The highest BCUT2D eigenvalue weighted by molar-refractivity contribution is 5.93. The van der Waals surface area contributed by atoms with E-state index in [1.165, 1.54) is 5.56 Å². The zero-order valence-corrected chi connectivity index (χ0v) is 22.9. The summed E-state index contributed by atoms with van der Waals surface area (Å²) in [6.07, 6.45) is 10.4. The second-order valence-electron chi connectivity index (χ2n) is 9.98. The van der Waals surface area contributed by atoms with Crippen LogP contribution in [0.5, 0.6) is 11.5 Å². The summed E-state index contributed by atoms with van der Waals surface area (Å²) < 4.78 is 13.4. The summed E-state index contributed by atoms with van der Waals surface area (Å²) in [7, 11) is 0. The predicted molar refractivity (Wildman–Crippen MR) is 158 cm³/mol. The van der Waals surface area contributed by atoms with Gasteiger partial charge in [0.25, 0.3) is 0 Å². The van der Waals surface area contributed by atoms with Crippen LogP contribution >= 0.6 is 0 Å². The number of nitrogens with zero attached hydrogens (tertiary/aromatic N) is 2. The zero-order valence-electron chi connectivity index (χ0n) is 22.9. The van der Waals surface area contributed by atoms with Gasteiger partial charge in [-0.1, -0.05) is 75.4 Å². The Morgan fingerprint density at radius 3 is 2.44 bits per heavy atom. The fourth-order valence-electron chi connectivity index (χ4n) is 4.58. The number of aromatic nitrogens is 2. The summed E-state index contributed by atoms with van der Waals surface area (Å²) >= 11 is 0. The standard InChI is InChI=1S/C34H36N2O3/c1-5-7-8-9-10-21-39-29-13-11-12-26(22-29)24-36-32-19-18-30(38-20-6-2)23-31(32)33(35-34(36)37)28-16-14-27(15-17-28)25(3)4/h1-2,11-19,22-23,25H,5,7-10,20-21,24H2,3-4H3. The molecule has 1 heterocycles. The lowest BCUT2D eigenvalue weighted by Gasteiger charge is -2.15. The molecule has 0 N–H and O–H groups in total. The van der Waals surface area contributed by atoms with E-state index in [1.807, 2.05) is 54.6 Å². The molecule has 1 aromatic heterocycles. The highest BCUT2D eigenvalue weighted by atomic mass is 16.5. The van der Waals surface area contributed by atoms with Gasteiger partial charge < -0.3 is 9.47 Å². The molecule has 39 heavy (non-hydrogen) atoms. The maximum Gasteiger partial charge on any atom is 0.348 e. The van der Waals surface area contributed by atoms with Crippen LogP contribution in [0.3, 0.4) is 0 Å².